The van der Waals surface area contributed by atoms with Crippen LogP contribution in [0.15, 0.2) is 18.5 Å². The second kappa shape index (κ2) is 6.45. The molecule has 3 nitrogen and oxygen atoms in total. The van der Waals surface area contributed by atoms with E-state index in [1.54, 1.807) is 0 Å². The minimum absolute atomic E-state index is 0.110. The molecule has 0 saturated heterocycles. The second-order valence-electron chi connectivity index (χ2n) is 7.22. The lowest BCUT2D eigenvalue weighted by atomic mass is 9.67. The molecule has 118 valence electrons. The Morgan fingerprint density at radius 2 is 1.90 bits per heavy atom. The maximum absolute atomic E-state index is 6.09. The lowest BCUT2D eigenvalue weighted by Gasteiger charge is -2.47. The topological polar surface area (TPSA) is 34.2 Å². The largest absolute Gasteiger partial charge is 0.376 e. The fraction of sp³-hybridized carbons (Fsp3) is 0.722. The van der Waals surface area contributed by atoms with E-state index >= 15 is 0 Å². The summed E-state index contributed by atoms with van der Waals surface area (Å²) in [5, 5.41) is 3.65. The van der Waals surface area contributed by atoms with Gasteiger partial charge in [0.15, 0.2) is 0 Å². The molecule has 1 fully saturated rings. The quantitative estimate of drug-likeness (QED) is 0.889. The molecule has 0 bridgehead atoms. The lowest BCUT2D eigenvalue weighted by molar-refractivity contribution is -0.0874. The van der Waals surface area contributed by atoms with E-state index in [0.717, 1.165) is 19.4 Å². The van der Waals surface area contributed by atoms with Crippen molar-refractivity contribution in [3.8, 4) is 0 Å². The molecular weight excluding hydrogens is 260 g/mol. The number of likely N-dealkylation sites (N-methyl/N-ethyl adjacent to an activating group) is 1. The molecule has 1 heterocycles. The van der Waals surface area contributed by atoms with Crippen LogP contribution in [0, 0.1) is 12.3 Å². The van der Waals surface area contributed by atoms with Crippen molar-refractivity contribution in [1.29, 1.82) is 0 Å². The lowest BCUT2D eigenvalue weighted by Crippen LogP contribution is -2.49. The van der Waals surface area contributed by atoms with Gasteiger partial charge in [0.25, 0.3) is 0 Å². The van der Waals surface area contributed by atoms with Crippen LogP contribution in [0.1, 0.15) is 63.6 Å². The van der Waals surface area contributed by atoms with Crippen LogP contribution in [0.3, 0.4) is 0 Å². The van der Waals surface area contributed by atoms with Gasteiger partial charge in [-0.05, 0) is 55.7 Å². The van der Waals surface area contributed by atoms with Crippen molar-refractivity contribution < 1.29 is 4.74 Å². The summed E-state index contributed by atoms with van der Waals surface area (Å²) >= 11 is 0. The maximum atomic E-state index is 6.09. The predicted octanol–water partition coefficient (Wildman–Crippen LogP) is 4.03. The van der Waals surface area contributed by atoms with Gasteiger partial charge < -0.3 is 10.1 Å². The van der Waals surface area contributed by atoms with Crippen LogP contribution in [0.5, 0.6) is 0 Å². The van der Waals surface area contributed by atoms with Crippen molar-refractivity contribution in [1.82, 2.24) is 10.3 Å². The number of aryl methyl sites for hydroxylation is 1. The summed E-state index contributed by atoms with van der Waals surface area (Å²) < 4.78 is 6.09. The first-order valence-corrected chi connectivity index (χ1v) is 8.12. The van der Waals surface area contributed by atoms with Gasteiger partial charge in [0.05, 0.1) is 11.6 Å². The Morgan fingerprint density at radius 1 is 1.24 bits per heavy atom. The molecule has 0 spiro atoms. The number of hydrogen-bond donors (Lipinski definition) is 1. The van der Waals surface area contributed by atoms with Gasteiger partial charge in [-0.3, -0.25) is 4.98 Å². The normalized spacial score (nSPS) is 22.0. The van der Waals surface area contributed by atoms with Gasteiger partial charge in [0.2, 0.25) is 0 Å². The molecule has 21 heavy (non-hydrogen) atoms. The van der Waals surface area contributed by atoms with Crippen LogP contribution in [0.25, 0.3) is 0 Å². The second-order valence-corrected chi connectivity index (χ2v) is 7.22. The minimum Gasteiger partial charge on any atom is -0.376 e. The molecule has 1 N–H and O–H groups in total. The first-order chi connectivity index (χ1) is 9.92. The van der Waals surface area contributed by atoms with Gasteiger partial charge in [-0.2, -0.15) is 0 Å². The highest BCUT2D eigenvalue weighted by Crippen LogP contribution is 2.47. The molecular formula is C18H30N2O. The molecule has 0 aromatic carbocycles. The van der Waals surface area contributed by atoms with Gasteiger partial charge in [0, 0.05) is 19.5 Å². The van der Waals surface area contributed by atoms with E-state index in [0.29, 0.717) is 5.41 Å². The number of rotatable bonds is 5. The van der Waals surface area contributed by atoms with Crippen molar-refractivity contribution in [2.24, 2.45) is 5.41 Å². The number of hydrogen-bond acceptors (Lipinski definition) is 3. The molecule has 0 aliphatic heterocycles. The van der Waals surface area contributed by atoms with E-state index in [-0.39, 0.29) is 11.6 Å². The molecule has 1 aliphatic rings. The third-order valence-corrected chi connectivity index (χ3v) is 5.02. The molecule has 1 aliphatic carbocycles. The van der Waals surface area contributed by atoms with E-state index in [1.165, 1.54) is 24.0 Å². The van der Waals surface area contributed by atoms with Crippen LogP contribution in [-0.2, 0) is 4.74 Å². The van der Waals surface area contributed by atoms with Crippen LogP contribution in [0.2, 0.25) is 0 Å². The van der Waals surface area contributed by atoms with Gasteiger partial charge in [-0.1, -0.05) is 26.8 Å². The molecule has 0 amide bonds. The van der Waals surface area contributed by atoms with Crippen molar-refractivity contribution in [3.63, 3.8) is 0 Å². The first kappa shape index (κ1) is 16.4. The summed E-state index contributed by atoms with van der Waals surface area (Å²) in [7, 11) is 1.87. The summed E-state index contributed by atoms with van der Waals surface area (Å²) in [5.74, 6) is 0. The molecule has 0 radical (unpaired) electrons. The summed E-state index contributed by atoms with van der Waals surface area (Å²) in [6, 6.07) is 2.46. The fourth-order valence-electron chi connectivity index (χ4n) is 3.51. The Balaban J connectivity index is 2.31. The van der Waals surface area contributed by atoms with E-state index in [2.05, 4.69) is 44.1 Å². The van der Waals surface area contributed by atoms with Crippen molar-refractivity contribution in [3.05, 3.63) is 29.6 Å². The zero-order chi connectivity index (χ0) is 15.5. The number of nitrogens with one attached hydrogen (secondary N) is 1. The Bertz CT molecular complexity index is 460. The fourth-order valence-corrected chi connectivity index (χ4v) is 3.51. The van der Waals surface area contributed by atoms with E-state index < -0.39 is 0 Å². The van der Waals surface area contributed by atoms with Gasteiger partial charge >= 0.3 is 0 Å². The van der Waals surface area contributed by atoms with Crippen LogP contribution < -0.4 is 5.32 Å². The first-order valence-electron chi connectivity index (χ1n) is 8.12. The number of ether oxygens (including phenoxy) is 1. The summed E-state index contributed by atoms with van der Waals surface area (Å²) in [6.45, 7) is 9.93. The number of pyridine rings is 1. The van der Waals surface area contributed by atoms with Crippen LogP contribution in [-0.4, -0.2) is 24.2 Å². The Hall–Kier alpha value is -0.930. The molecule has 3 heteroatoms. The third-order valence-electron chi connectivity index (χ3n) is 5.02. The smallest absolute Gasteiger partial charge is 0.0873 e. The highest BCUT2D eigenvalue weighted by molar-refractivity contribution is 5.24. The molecule has 1 aromatic heterocycles. The van der Waals surface area contributed by atoms with E-state index in [9.17, 15) is 0 Å². The highest BCUT2D eigenvalue weighted by Gasteiger charge is 2.44. The number of nitrogens with zero attached hydrogens (tertiary/aromatic N) is 1. The van der Waals surface area contributed by atoms with Crippen LogP contribution >= 0.6 is 0 Å². The van der Waals surface area contributed by atoms with E-state index in [1.807, 2.05) is 19.5 Å². The summed E-state index contributed by atoms with van der Waals surface area (Å²) in [4.78, 5) is 4.38. The molecule has 1 atom stereocenters. The minimum atomic E-state index is -0.110. The van der Waals surface area contributed by atoms with Crippen molar-refractivity contribution in [2.45, 2.75) is 65.0 Å². The SMILES string of the molecule is CCNC(c1cncc(C)c1)C1(OC)CCC(C)(C)CC1. The Labute approximate surface area is 129 Å². The summed E-state index contributed by atoms with van der Waals surface area (Å²) in [5.41, 5.74) is 2.78. The Kier molecular flexibility index (Phi) is 5.05. The monoisotopic (exact) mass is 290 g/mol. The Morgan fingerprint density at radius 3 is 2.43 bits per heavy atom. The zero-order valence-corrected chi connectivity index (χ0v) is 14.2. The predicted molar refractivity (Wildman–Crippen MR) is 87.4 cm³/mol. The van der Waals surface area contributed by atoms with Crippen molar-refractivity contribution >= 4 is 0 Å². The average Bonchev–Trinajstić information content (AvgIpc) is 2.46. The average molecular weight is 290 g/mol. The highest BCUT2D eigenvalue weighted by atomic mass is 16.5. The number of methoxy groups -OCH3 is 1. The standard InChI is InChI=1S/C18H30N2O/c1-6-20-16(15-11-14(2)12-19-13-15)18(21-5)9-7-17(3,4)8-10-18/h11-13,16,20H,6-10H2,1-5H3. The molecule has 2 rings (SSSR count). The van der Waals surface area contributed by atoms with Gasteiger partial charge in [-0.25, -0.2) is 0 Å². The maximum Gasteiger partial charge on any atom is 0.0873 e. The van der Waals surface area contributed by atoms with Gasteiger partial charge in [-0.15, -0.1) is 0 Å². The molecule has 1 aromatic rings. The molecule has 1 unspecified atom stereocenters. The molecule has 1 saturated carbocycles. The zero-order valence-electron chi connectivity index (χ0n) is 14.2. The van der Waals surface area contributed by atoms with Crippen molar-refractivity contribution in [2.75, 3.05) is 13.7 Å². The summed E-state index contributed by atoms with van der Waals surface area (Å²) in [6.07, 6.45) is 8.52. The van der Waals surface area contributed by atoms with E-state index in [4.69, 9.17) is 4.74 Å². The van der Waals surface area contributed by atoms with Gasteiger partial charge in [0.1, 0.15) is 0 Å². The van der Waals surface area contributed by atoms with Crippen LogP contribution in [0.4, 0.5) is 0 Å². The third kappa shape index (κ3) is 3.64. The number of aromatic nitrogens is 1.